The molecule has 35 heavy (non-hydrogen) atoms. The first-order valence-electron chi connectivity index (χ1n) is 11.2. The number of hydrogen-bond acceptors (Lipinski definition) is 6. The van der Waals surface area contributed by atoms with Crippen LogP contribution in [0.4, 0.5) is 24.5 Å². The van der Waals surface area contributed by atoms with Gasteiger partial charge >= 0.3 is 6.18 Å². The van der Waals surface area contributed by atoms with Gasteiger partial charge in [-0.05, 0) is 49.6 Å². The van der Waals surface area contributed by atoms with Gasteiger partial charge < -0.3 is 19.3 Å². The lowest BCUT2D eigenvalue weighted by molar-refractivity contribution is -0.384. The SMILES string of the molecule is CCN(Cc1ccc(OC)c(OC)c1)C(=O)C1CCN(c2ccc(C(F)(F)F)cc2[N+](=O)[O-])CC1. The molecule has 3 rings (SSSR count). The van der Waals surface area contributed by atoms with E-state index < -0.39 is 22.4 Å². The predicted octanol–water partition coefficient (Wildman–Crippen LogP) is 4.90. The lowest BCUT2D eigenvalue weighted by atomic mass is 9.94. The van der Waals surface area contributed by atoms with Gasteiger partial charge in [0.2, 0.25) is 5.91 Å². The minimum Gasteiger partial charge on any atom is -0.493 e. The van der Waals surface area contributed by atoms with Crippen LogP contribution in [0.5, 0.6) is 11.5 Å². The Morgan fingerprint density at radius 1 is 1.11 bits per heavy atom. The van der Waals surface area contributed by atoms with Crippen molar-refractivity contribution in [3.05, 3.63) is 57.6 Å². The number of benzene rings is 2. The summed E-state index contributed by atoms with van der Waals surface area (Å²) in [5, 5.41) is 11.4. The normalized spacial score (nSPS) is 14.5. The Bertz CT molecular complexity index is 1070. The molecule has 0 radical (unpaired) electrons. The maximum absolute atomic E-state index is 13.2. The number of carbonyl (C=O) groups is 1. The predicted molar refractivity (Wildman–Crippen MR) is 124 cm³/mol. The van der Waals surface area contributed by atoms with E-state index in [1.54, 1.807) is 30.1 Å². The van der Waals surface area contributed by atoms with Crippen molar-refractivity contribution in [2.45, 2.75) is 32.5 Å². The molecule has 11 heteroatoms. The van der Waals surface area contributed by atoms with Gasteiger partial charge in [0.05, 0.1) is 24.7 Å². The number of rotatable bonds is 8. The monoisotopic (exact) mass is 495 g/mol. The minimum absolute atomic E-state index is 0.0242. The molecule has 2 aromatic carbocycles. The molecule has 8 nitrogen and oxygen atoms in total. The topological polar surface area (TPSA) is 85.2 Å². The number of nitro groups is 1. The van der Waals surface area contributed by atoms with Crippen LogP contribution in [-0.2, 0) is 17.5 Å². The van der Waals surface area contributed by atoms with Crippen LogP contribution in [0.2, 0.25) is 0 Å². The van der Waals surface area contributed by atoms with Crippen LogP contribution in [0.3, 0.4) is 0 Å². The summed E-state index contributed by atoms with van der Waals surface area (Å²) >= 11 is 0. The summed E-state index contributed by atoms with van der Waals surface area (Å²) in [6.45, 7) is 3.43. The minimum atomic E-state index is -4.67. The molecule has 0 saturated carbocycles. The lowest BCUT2D eigenvalue weighted by Gasteiger charge is -2.35. The summed E-state index contributed by atoms with van der Waals surface area (Å²) in [5.74, 6) is 0.860. The highest BCUT2D eigenvalue weighted by Crippen LogP contribution is 2.38. The Hall–Kier alpha value is -3.50. The lowest BCUT2D eigenvalue weighted by Crippen LogP contribution is -2.42. The fraction of sp³-hybridized carbons (Fsp3) is 0.458. The Kier molecular flexibility index (Phi) is 8.08. The van der Waals surface area contributed by atoms with E-state index in [1.807, 2.05) is 19.1 Å². The summed E-state index contributed by atoms with van der Waals surface area (Å²) in [6.07, 6.45) is -3.78. The van der Waals surface area contributed by atoms with Gasteiger partial charge in [-0.15, -0.1) is 0 Å². The zero-order chi connectivity index (χ0) is 25.8. The van der Waals surface area contributed by atoms with Crippen molar-refractivity contribution in [2.75, 3.05) is 38.8 Å². The summed E-state index contributed by atoms with van der Waals surface area (Å²) in [6, 6.07) is 8.02. The standard InChI is InChI=1S/C24H28F3N3O5/c1-4-28(15-16-5-8-21(34-2)22(13-16)35-3)23(31)17-9-11-29(12-10-17)19-7-6-18(24(25,26)27)14-20(19)30(32)33/h5-8,13-14,17H,4,9-12,15H2,1-3H3. The van der Waals surface area contributed by atoms with E-state index in [4.69, 9.17) is 9.47 Å². The molecular formula is C24H28F3N3O5. The van der Waals surface area contributed by atoms with E-state index in [9.17, 15) is 28.1 Å². The number of carbonyl (C=O) groups excluding carboxylic acids is 1. The smallest absolute Gasteiger partial charge is 0.416 e. The molecule has 0 atom stereocenters. The highest BCUT2D eigenvalue weighted by molar-refractivity contribution is 5.79. The van der Waals surface area contributed by atoms with Gasteiger partial charge in [0, 0.05) is 38.2 Å². The van der Waals surface area contributed by atoms with Crippen molar-refractivity contribution < 1.29 is 32.4 Å². The maximum atomic E-state index is 13.2. The third-order valence-electron chi connectivity index (χ3n) is 6.20. The molecule has 1 amide bonds. The van der Waals surface area contributed by atoms with Crippen LogP contribution in [0.1, 0.15) is 30.9 Å². The molecule has 2 aromatic rings. The van der Waals surface area contributed by atoms with Gasteiger partial charge in [0.15, 0.2) is 11.5 Å². The number of piperidine rings is 1. The van der Waals surface area contributed by atoms with Crippen molar-refractivity contribution in [3.8, 4) is 11.5 Å². The fourth-order valence-electron chi connectivity index (χ4n) is 4.28. The highest BCUT2D eigenvalue weighted by Gasteiger charge is 2.35. The fourth-order valence-corrected chi connectivity index (χ4v) is 4.28. The molecule has 1 aliphatic heterocycles. The highest BCUT2D eigenvalue weighted by atomic mass is 19.4. The van der Waals surface area contributed by atoms with Crippen LogP contribution in [0.15, 0.2) is 36.4 Å². The van der Waals surface area contributed by atoms with E-state index in [-0.39, 0.29) is 17.5 Å². The molecule has 1 saturated heterocycles. The second kappa shape index (κ2) is 10.8. The first-order valence-corrected chi connectivity index (χ1v) is 11.2. The van der Waals surface area contributed by atoms with E-state index in [1.165, 1.54) is 0 Å². The van der Waals surface area contributed by atoms with E-state index >= 15 is 0 Å². The van der Waals surface area contributed by atoms with Crippen LogP contribution in [0.25, 0.3) is 0 Å². The molecule has 1 aliphatic rings. The first-order chi connectivity index (χ1) is 16.6. The third-order valence-corrected chi connectivity index (χ3v) is 6.20. The third kappa shape index (κ3) is 5.95. The average Bonchev–Trinajstić information content (AvgIpc) is 2.85. The Labute approximate surface area is 201 Å². The average molecular weight is 495 g/mol. The summed E-state index contributed by atoms with van der Waals surface area (Å²) < 4.78 is 49.6. The van der Waals surface area contributed by atoms with Crippen molar-refractivity contribution in [2.24, 2.45) is 5.92 Å². The number of methoxy groups -OCH3 is 2. The Balaban J connectivity index is 1.69. The van der Waals surface area contributed by atoms with Crippen molar-refractivity contribution >= 4 is 17.3 Å². The number of amides is 1. The second-order valence-electron chi connectivity index (χ2n) is 8.26. The van der Waals surface area contributed by atoms with E-state index in [0.717, 1.165) is 17.7 Å². The number of alkyl halides is 3. The van der Waals surface area contributed by atoms with Crippen LogP contribution >= 0.6 is 0 Å². The van der Waals surface area contributed by atoms with Crippen LogP contribution < -0.4 is 14.4 Å². The molecule has 0 N–H and O–H groups in total. The van der Waals surface area contributed by atoms with Crippen LogP contribution in [0, 0.1) is 16.0 Å². The largest absolute Gasteiger partial charge is 0.493 e. The summed E-state index contributed by atoms with van der Waals surface area (Å²) in [5.41, 5.74) is -0.637. The van der Waals surface area contributed by atoms with Gasteiger partial charge in [0.25, 0.3) is 5.69 Å². The van der Waals surface area contributed by atoms with Crippen molar-refractivity contribution in [3.63, 3.8) is 0 Å². The van der Waals surface area contributed by atoms with Gasteiger partial charge in [-0.2, -0.15) is 13.2 Å². The van der Waals surface area contributed by atoms with Crippen LogP contribution in [-0.4, -0.2) is 49.6 Å². The number of halogens is 3. The molecule has 0 aliphatic carbocycles. The molecule has 0 bridgehead atoms. The first kappa shape index (κ1) is 26.1. The number of ether oxygens (including phenoxy) is 2. The van der Waals surface area contributed by atoms with Gasteiger partial charge in [-0.1, -0.05) is 6.07 Å². The molecule has 190 valence electrons. The number of nitrogens with zero attached hydrogens (tertiary/aromatic N) is 3. The Morgan fingerprint density at radius 2 is 1.77 bits per heavy atom. The number of anilines is 1. The second-order valence-corrected chi connectivity index (χ2v) is 8.26. The zero-order valence-corrected chi connectivity index (χ0v) is 19.8. The molecule has 1 fully saturated rings. The van der Waals surface area contributed by atoms with Gasteiger partial charge in [0.1, 0.15) is 5.69 Å². The molecule has 0 spiro atoms. The van der Waals surface area contributed by atoms with Gasteiger partial charge in [-0.25, -0.2) is 0 Å². The maximum Gasteiger partial charge on any atom is 0.416 e. The van der Waals surface area contributed by atoms with Crippen molar-refractivity contribution in [1.29, 1.82) is 0 Å². The van der Waals surface area contributed by atoms with Crippen molar-refractivity contribution in [1.82, 2.24) is 4.90 Å². The number of nitro benzene ring substituents is 1. The van der Waals surface area contributed by atoms with E-state index in [0.29, 0.717) is 56.6 Å². The summed E-state index contributed by atoms with van der Waals surface area (Å²) in [7, 11) is 3.09. The summed E-state index contributed by atoms with van der Waals surface area (Å²) in [4.78, 5) is 27.3. The molecule has 0 aromatic heterocycles. The zero-order valence-electron chi connectivity index (χ0n) is 19.8. The van der Waals surface area contributed by atoms with E-state index in [2.05, 4.69) is 0 Å². The van der Waals surface area contributed by atoms with Gasteiger partial charge in [-0.3, -0.25) is 14.9 Å². The number of hydrogen-bond donors (Lipinski definition) is 0. The quantitative estimate of drug-likeness (QED) is 0.383. The molecule has 0 unspecified atom stereocenters. The molecular weight excluding hydrogens is 467 g/mol. The molecule has 1 heterocycles. The Morgan fingerprint density at radius 3 is 2.31 bits per heavy atom.